The van der Waals surface area contributed by atoms with Crippen molar-refractivity contribution >= 4 is 17.9 Å². The summed E-state index contributed by atoms with van der Waals surface area (Å²) in [5.41, 5.74) is 12.9. The SMILES string of the molecule is [2H]c1c(OC)c(OC([2H])([2H])[2H])c([2H])c2c1C1N(C([2H])([2H])C2([2H])[2H])C([2H])([2H])C([2H])(CC(C)C)C([2H])(OC(=O)[C@@H](N)C(C)C)C1([2H])[2H].[2H]c1c(OC)c(OC)c([2H])c2c1C1N(C([2H])([2H])C2([2H])[2H])C([2H])([2H])C([2H])(CC(C)C)C([2H])(OC(=O)[C@@H](N)C(C)C)C1([2H])[2H].[2H]c1c(OC)c(OC)c([2H])c2c1C1N(C([2H])([2H])C2([2H])[2H])C([2H])([2H])C([2H])(CC(C)C)C([2H])(OC(=O)[C@@H](N)C(C)C)C1([2H])[2H]. The van der Waals surface area contributed by atoms with E-state index in [9.17, 15) is 33.6 Å². The standard InChI is InChI=1S/3C24H38N2O4/c3*1-14(2)9-17-13-26-8-7-16-10-21(28-5)22(29-6)11-18(16)19(26)12-20(17)30-24(27)23(25)15(3)4/h3*10-11,14-15,17,19-20,23H,7-9,12-13,25H2,1-6H3/t3*17?,19?,20?,23-/m000/s1/i5D3,7D2,8D2,10D,11D,12D2,13D2,17D,20D;2*7D2,8D2,10D,11D,12D2,13D2,17D,20D. The fourth-order valence-corrected chi connectivity index (χ4v) is 9.21. The number of rotatable bonds is 21. The first-order valence-electron chi connectivity index (χ1n) is 49.0. The highest BCUT2D eigenvalue weighted by Gasteiger charge is 2.45. The van der Waals surface area contributed by atoms with E-state index in [1.54, 1.807) is 55.4 Å². The third-order valence-electron chi connectivity index (χ3n) is 14.3. The molecule has 6 N–H and O–H groups in total. The van der Waals surface area contributed by atoms with Gasteiger partial charge >= 0.3 is 17.9 Å². The molecule has 0 amide bonds. The Morgan fingerprint density at radius 2 is 0.700 bits per heavy atom. The van der Waals surface area contributed by atoms with Gasteiger partial charge in [-0.1, -0.05) is 83.1 Å². The monoisotopic (exact) mass is 1290 g/mol. The number of piperidine rings is 3. The van der Waals surface area contributed by atoms with Crippen LogP contribution in [-0.2, 0) is 47.7 Å². The molecule has 0 spiro atoms. The van der Waals surface area contributed by atoms with Crippen molar-refractivity contribution in [2.24, 2.45) is 70.4 Å². The molecule has 18 heteroatoms. The number of carbonyl (C=O) groups is 3. The first kappa shape index (κ1) is 35.2. The zero-order valence-electron chi connectivity index (χ0n) is 93.0. The van der Waals surface area contributed by atoms with Crippen molar-refractivity contribution in [1.82, 2.24) is 14.7 Å². The van der Waals surface area contributed by atoms with Gasteiger partial charge in [-0.25, -0.2) is 0 Å². The molecule has 504 valence electrons. The van der Waals surface area contributed by atoms with Gasteiger partial charge in [0.05, 0.1) is 59.0 Å². The van der Waals surface area contributed by atoms with E-state index in [0.717, 1.165) is 35.5 Å². The Balaban J connectivity index is 0.000000265. The lowest BCUT2D eigenvalue weighted by molar-refractivity contribution is -0.161. The number of ether oxygens (including phenoxy) is 9. The van der Waals surface area contributed by atoms with Gasteiger partial charge in [0, 0.05) is 131 Å². The lowest BCUT2D eigenvalue weighted by Gasteiger charge is -2.47. The number of methoxy groups -OCH3 is 6. The Bertz CT molecular complexity index is 4600. The lowest BCUT2D eigenvalue weighted by Crippen LogP contribution is -2.51. The Morgan fingerprint density at radius 1 is 0.456 bits per heavy atom. The third kappa shape index (κ3) is 17.5. The molecule has 9 unspecified atom stereocenters. The summed E-state index contributed by atoms with van der Waals surface area (Å²) in [6.45, 7) is -2.31. The summed E-state index contributed by atoms with van der Waals surface area (Å²) >= 11 is 0. The summed E-state index contributed by atoms with van der Waals surface area (Å²) in [7, 11) is 2.17. The minimum atomic E-state index is -3.63. The van der Waals surface area contributed by atoms with Crippen LogP contribution in [0, 0.1) is 53.2 Å². The molecule has 12 atom stereocenters. The molecule has 9 rings (SSSR count). The fourth-order valence-electron chi connectivity index (χ4n) is 9.21. The van der Waals surface area contributed by atoms with Crippen LogP contribution >= 0.6 is 0 Å². The van der Waals surface area contributed by atoms with Gasteiger partial charge in [0.25, 0.3) is 0 Å². The van der Waals surface area contributed by atoms with Crippen molar-refractivity contribution in [3.8, 4) is 34.5 Å². The molecular formula is C72H114N6O12. The molecule has 0 aromatic heterocycles. The van der Waals surface area contributed by atoms with Gasteiger partial charge in [0.15, 0.2) is 34.5 Å². The van der Waals surface area contributed by atoms with E-state index in [1.807, 2.05) is 0 Å². The van der Waals surface area contributed by atoms with Crippen molar-refractivity contribution < 1.29 is 110 Å². The Labute approximate surface area is 594 Å². The molecule has 3 aromatic rings. The summed E-state index contributed by atoms with van der Waals surface area (Å²) in [6.07, 6.45) is -32.6. The van der Waals surface area contributed by atoms with E-state index in [1.165, 1.54) is 27.7 Å². The number of esters is 3. The van der Waals surface area contributed by atoms with E-state index in [-0.39, 0.29) is 14.7 Å². The minimum Gasteiger partial charge on any atom is -0.493 e. The third-order valence-corrected chi connectivity index (χ3v) is 14.3. The molecule has 0 bridgehead atoms. The molecule has 3 aromatic carbocycles. The molecule has 6 aliphatic rings. The van der Waals surface area contributed by atoms with Crippen molar-refractivity contribution in [3.05, 3.63) is 69.6 Å². The van der Waals surface area contributed by atoms with Gasteiger partial charge in [0.2, 0.25) is 0 Å². The predicted octanol–water partition coefficient (Wildman–Crippen LogP) is 10.7. The summed E-state index contributed by atoms with van der Waals surface area (Å²) in [5, 5.41) is 0. The van der Waals surface area contributed by atoms with Crippen LogP contribution in [-0.4, -0.2) is 151 Å². The molecule has 6 aliphatic heterocycles. The lowest BCUT2D eigenvalue weighted by atomic mass is 9.79. The second kappa shape index (κ2) is 32.5. The smallest absolute Gasteiger partial charge is 0.323 e. The molecule has 0 saturated carbocycles. The minimum absolute atomic E-state index is 0.0852. The van der Waals surface area contributed by atoms with Crippen LogP contribution in [0.5, 0.6) is 34.5 Å². The molecule has 90 heavy (non-hydrogen) atoms. The maximum Gasteiger partial charge on any atom is 0.323 e. The summed E-state index contributed by atoms with van der Waals surface area (Å²) in [4.78, 5) is 40.0. The van der Waals surface area contributed by atoms with Gasteiger partial charge < -0.3 is 59.8 Å². The number of carbonyl (C=O) groups excluding carboxylic acids is 3. The van der Waals surface area contributed by atoms with Crippen LogP contribution < -0.4 is 45.6 Å². The second-order valence-electron chi connectivity index (χ2n) is 23.8. The maximum atomic E-state index is 13.2. The molecule has 0 aliphatic carbocycles. The molecule has 0 radical (unpaired) electrons. The topological polar surface area (TPSA) is 222 Å². The normalized spacial score (nSPS) is 43.0. The van der Waals surface area contributed by atoms with Gasteiger partial charge in [-0.05, 0) is 144 Å². The van der Waals surface area contributed by atoms with Crippen LogP contribution in [0.4, 0.5) is 0 Å². The van der Waals surface area contributed by atoms with Gasteiger partial charge in [-0.15, -0.1) is 0 Å². The average Bonchev–Trinajstić information content (AvgIpc) is 0.658. The predicted molar refractivity (Wildman–Crippen MR) is 353 cm³/mol. The molecule has 6 heterocycles. The summed E-state index contributed by atoms with van der Waals surface area (Å²) < 4.78 is 396. The van der Waals surface area contributed by atoms with E-state index in [2.05, 4.69) is 0 Å². The first-order valence-corrected chi connectivity index (χ1v) is 29.5. The molecular weight excluding hydrogens is 1140 g/mol. The van der Waals surface area contributed by atoms with Crippen LogP contribution in [0.15, 0.2) is 36.3 Å². The van der Waals surface area contributed by atoms with E-state index in [4.69, 9.17) is 94.1 Å². The number of hydrogen-bond donors (Lipinski definition) is 3. The Morgan fingerprint density at radius 3 is 0.922 bits per heavy atom. The Kier molecular flexibility index (Phi) is 12.7. The van der Waals surface area contributed by atoms with Crippen LogP contribution in [0.2, 0.25) is 0 Å². The average molecular weight is 1290 g/mol. The van der Waals surface area contributed by atoms with Crippen LogP contribution in [0.25, 0.3) is 0 Å². The van der Waals surface area contributed by atoms with E-state index < -0.39 is 333 Å². The van der Waals surface area contributed by atoms with Crippen molar-refractivity contribution in [2.75, 3.05) is 81.6 Å². The van der Waals surface area contributed by atoms with Gasteiger partial charge in [-0.2, -0.15) is 0 Å². The number of fused-ring (bicyclic) bond motifs is 9. The highest BCUT2D eigenvalue weighted by atomic mass is 16.6. The van der Waals surface area contributed by atoms with Crippen LogP contribution in [0.3, 0.4) is 0 Å². The highest BCUT2D eigenvalue weighted by Crippen LogP contribution is 2.48. The second-order valence-corrected chi connectivity index (χ2v) is 23.8. The number of nitrogens with two attached hydrogens (primary N) is 3. The highest BCUT2D eigenvalue weighted by molar-refractivity contribution is 5.77. The fraction of sp³-hybridized carbons (Fsp3) is 0.708. The summed E-state index contributed by atoms with van der Waals surface area (Å²) in [5.74, 6) is -20.3. The van der Waals surface area contributed by atoms with E-state index in [0.29, 0.717) is 0 Å². The maximum absolute atomic E-state index is 13.2. The number of hydrogen-bond acceptors (Lipinski definition) is 18. The first-order chi connectivity index (χ1) is 57.7. The van der Waals surface area contributed by atoms with E-state index >= 15 is 0 Å². The van der Waals surface area contributed by atoms with Crippen molar-refractivity contribution in [3.63, 3.8) is 0 Å². The largest absolute Gasteiger partial charge is 0.493 e. The number of nitrogens with zero attached hydrogens (tertiary/aromatic N) is 3. The molecule has 3 saturated heterocycles. The molecule has 18 nitrogen and oxygen atoms in total. The van der Waals surface area contributed by atoms with Crippen molar-refractivity contribution in [1.29, 1.82) is 0 Å². The van der Waals surface area contributed by atoms with Crippen LogP contribution in [0.1, 0.15) is 226 Å². The quantitative estimate of drug-likeness (QED) is 0.0666. The zero-order valence-corrected chi connectivity index (χ0v) is 54.0. The van der Waals surface area contributed by atoms with Gasteiger partial charge in [-0.3, -0.25) is 29.1 Å². The summed E-state index contributed by atoms with van der Waals surface area (Å²) in [6, 6.07) is -16.6. The Hall–Kier alpha value is -5.37. The zero-order chi connectivity index (χ0) is 101. The molecule has 3 fully saturated rings. The van der Waals surface area contributed by atoms with Crippen molar-refractivity contribution in [2.45, 2.75) is 195 Å². The van der Waals surface area contributed by atoms with Gasteiger partial charge in [0.1, 0.15) is 36.4 Å². The number of benzene rings is 3.